The number of phenols is 1. The molecule has 4 saturated heterocycles. The Kier molecular flexibility index (Phi) is 26.0. The summed E-state index contributed by atoms with van der Waals surface area (Å²) in [6, 6.07) is 1.15. The maximum Gasteiger partial charge on any atom is 0.266 e. The SMILES string of the molecule is CCC1CCC(N2CCN(c3ccc(-c4nnc(-c5ccc(C(=O)N[C@H]6C[C@@H](O)CNC(=O)[C@@H]7[C@@H](O)[C@@H](C)CN7C(=O)[C@H]([C@H](O)CCNC(CO)CO)NC(=O)[C@H]([C@H](O)Cc7ccc(O)c(OS(O)(O)O)c7)NC(=O)[C@@H]7C[C@@H](O)CN7C(=O)[C@H]([C@@H](C)O)NC6=O)cc5)s4)cn3)CC2)CC1. The van der Waals surface area contributed by atoms with Gasteiger partial charge in [-0.15, -0.1) is 10.2 Å². The number of hydrogen-bond acceptors (Lipinski definition) is 27. The highest BCUT2D eigenvalue weighted by molar-refractivity contribution is 8.15. The summed E-state index contributed by atoms with van der Waals surface area (Å²) in [4.78, 5) is 114. The molecule has 2 aromatic carbocycles. The summed E-state index contributed by atoms with van der Waals surface area (Å²) in [5.74, 6) is -8.77. The second kappa shape index (κ2) is 33.9. The van der Waals surface area contributed by atoms with Crippen LogP contribution in [0.2, 0.25) is 0 Å². The second-order valence-electron chi connectivity index (χ2n) is 26.2. The number of aromatic nitrogens is 3. The van der Waals surface area contributed by atoms with Gasteiger partial charge in [-0.25, -0.2) is 4.98 Å². The zero-order valence-corrected chi connectivity index (χ0v) is 56.7. The number of hydrogen-bond donors (Lipinski definition) is 18. The van der Waals surface area contributed by atoms with Gasteiger partial charge < -0.3 is 96.7 Å². The lowest BCUT2D eigenvalue weighted by molar-refractivity contribution is -0.147. The molecule has 5 fully saturated rings. The predicted octanol–water partition coefficient (Wildman–Crippen LogP) is -2.14. The molecule has 6 heterocycles. The number of benzene rings is 2. The average molecular weight is 1430 g/mol. The van der Waals surface area contributed by atoms with Crippen LogP contribution in [0.25, 0.3) is 21.1 Å². The maximum atomic E-state index is 15.0. The smallest absolute Gasteiger partial charge is 0.266 e. The Balaban J connectivity index is 0.962. The number of pyridine rings is 1. The largest absolute Gasteiger partial charge is 0.504 e. The molecule has 4 aromatic rings. The number of nitrogens with zero attached hydrogens (tertiary/aromatic N) is 7. The Morgan fingerprint density at radius 1 is 0.747 bits per heavy atom. The van der Waals surface area contributed by atoms with E-state index in [0.29, 0.717) is 21.6 Å². The number of nitrogens with one attached hydrogen (secondary N) is 6. The van der Waals surface area contributed by atoms with E-state index in [1.165, 1.54) is 68.6 Å². The van der Waals surface area contributed by atoms with Crippen molar-refractivity contribution in [1.82, 2.24) is 61.8 Å². The van der Waals surface area contributed by atoms with Crippen molar-refractivity contribution in [3.8, 4) is 32.6 Å². The van der Waals surface area contributed by atoms with Crippen molar-refractivity contribution in [2.45, 2.75) is 164 Å². The molecule has 9 rings (SSSR count). The van der Waals surface area contributed by atoms with E-state index in [1.54, 1.807) is 18.3 Å². The van der Waals surface area contributed by atoms with E-state index in [9.17, 15) is 93.2 Å². The van der Waals surface area contributed by atoms with Crippen molar-refractivity contribution < 1.29 is 97.4 Å². The molecule has 4 aliphatic heterocycles. The Labute approximate surface area is 576 Å². The van der Waals surface area contributed by atoms with Gasteiger partial charge in [0.1, 0.15) is 52.1 Å². The quantitative estimate of drug-likeness (QED) is 0.0449. The van der Waals surface area contributed by atoms with E-state index in [1.807, 2.05) is 12.1 Å². The predicted molar refractivity (Wildman–Crippen MR) is 358 cm³/mol. The standard InChI is InChI=1S/C64H91N13O20S2/c1-4-35-5-13-41(14-6-35)74-19-21-75(22-20-74)50-16-12-39(27-66-50)62-73-72-61(98-62)38-10-8-37(9-11-38)56(87)68-44-25-42(81)28-67-60(91)54-55(86)33(2)29-77(54)64(93)53(47(84)17-18-65-40(31-78)32-79)71-59(90)52(48(85)23-36-7-15-46(83)49(24-36)97-99(94,95)96)70-58(89)45-26-43(82)30-76(45)63(92)51(34(3)80)69-57(44)88/h7-12,15-16,24,27,33-35,40-45,47-48,51-55,65,78-86,94-96H,4-6,13-14,17-23,25-26,28-32H2,1-3H3,(H,67,91)(H,68,87)(H,69,88)(H,70,89)(H,71,90)/t33-,34+,35?,41?,42+,43+,44-,45-,47+,48+,51-,52-,53-,54-,55-/m0/s1. The highest BCUT2D eigenvalue weighted by atomic mass is 32.3. The zero-order valence-electron chi connectivity index (χ0n) is 55.0. The number of aliphatic hydroxyl groups excluding tert-OH is 8. The van der Waals surface area contributed by atoms with Gasteiger partial charge in [0, 0.05) is 99.9 Å². The molecule has 99 heavy (non-hydrogen) atoms. The molecule has 544 valence electrons. The topological polar surface area (TPSA) is 495 Å². The van der Waals surface area contributed by atoms with E-state index in [2.05, 4.69) is 63.0 Å². The number of anilines is 1. The molecular formula is C64H91N13O20S2. The molecule has 0 radical (unpaired) electrons. The molecule has 0 unspecified atom stereocenters. The molecule has 33 nitrogen and oxygen atoms in total. The fourth-order valence-electron chi connectivity index (χ4n) is 13.3. The zero-order chi connectivity index (χ0) is 71.6. The summed E-state index contributed by atoms with van der Waals surface area (Å²) in [7, 11) is 0. The summed E-state index contributed by atoms with van der Waals surface area (Å²) in [6.07, 6.45) is -4.96. The number of amides is 7. The first-order chi connectivity index (χ1) is 47.1. The second-order valence-corrected chi connectivity index (χ2v) is 28.2. The summed E-state index contributed by atoms with van der Waals surface area (Å²) in [5.41, 5.74) is 1.27. The summed E-state index contributed by atoms with van der Waals surface area (Å²) in [5, 5.41) is 124. The minimum absolute atomic E-state index is 0.00238. The highest BCUT2D eigenvalue weighted by Gasteiger charge is 2.50. The number of rotatable bonds is 20. The summed E-state index contributed by atoms with van der Waals surface area (Å²) < 4.78 is 33.4. The van der Waals surface area contributed by atoms with E-state index < -0.39 is 201 Å². The molecule has 18 N–H and O–H groups in total. The monoisotopic (exact) mass is 1430 g/mol. The maximum absolute atomic E-state index is 15.0. The Morgan fingerprint density at radius 2 is 1.39 bits per heavy atom. The van der Waals surface area contributed by atoms with Crippen molar-refractivity contribution in [3.05, 3.63) is 71.9 Å². The van der Waals surface area contributed by atoms with Crippen LogP contribution >= 0.6 is 22.5 Å². The molecule has 5 aliphatic rings. The molecule has 1 saturated carbocycles. The van der Waals surface area contributed by atoms with Gasteiger partial charge in [-0.3, -0.25) is 52.1 Å². The first kappa shape index (κ1) is 75.9. The first-order valence-corrected chi connectivity index (χ1v) is 35.4. The lowest BCUT2D eigenvalue weighted by atomic mass is 9.84. The van der Waals surface area contributed by atoms with Crippen LogP contribution in [-0.4, -0.2) is 281 Å². The third kappa shape index (κ3) is 19.2. The molecule has 1 aliphatic carbocycles. The Bertz CT molecular complexity index is 3430. The van der Waals surface area contributed by atoms with Crippen LogP contribution in [0.15, 0.2) is 60.8 Å². The van der Waals surface area contributed by atoms with E-state index in [0.717, 1.165) is 72.3 Å². The minimum Gasteiger partial charge on any atom is -0.504 e. The minimum atomic E-state index is -4.74. The number of carbonyl (C=O) groups excluding carboxylic acids is 7. The number of phenolic OH excluding ortho intramolecular Hbond substituents is 1. The number of fused-ring (bicyclic) bond motifs is 2. The average Bonchev–Trinajstić information content (AvgIpc) is 1.62. The molecule has 13 atom stereocenters. The van der Waals surface area contributed by atoms with Crippen molar-refractivity contribution in [2.24, 2.45) is 11.8 Å². The van der Waals surface area contributed by atoms with Gasteiger partial charge in [0.25, 0.3) is 17.1 Å². The molecule has 2 aromatic heterocycles. The van der Waals surface area contributed by atoms with Crippen LogP contribution in [0.3, 0.4) is 0 Å². The first-order valence-electron chi connectivity index (χ1n) is 33.2. The highest BCUT2D eigenvalue weighted by Crippen LogP contribution is 2.41. The number of aromatic hydroxyl groups is 1. The summed E-state index contributed by atoms with van der Waals surface area (Å²) >= 11 is -3.45. The Morgan fingerprint density at radius 3 is 2.03 bits per heavy atom. The van der Waals surface area contributed by atoms with Gasteiger partial charge >= 0.3 is 0 Å². The van der Waals surface area contributed by atoms with Gasteiger partial charge in [0.15, 0.2) is 11.5 Å². The fraction of sp³-hybridized carbons (Fsp3) is 0.594. The van der Waals surface area contributed by atoms with E-state index in [4.69, 9.17) is 4.98 Å². The van der Waals surface area contributed by atoms with Gasteiger partial charge in [-0.2, -0.15) is 0 Å². The third-order valence-corrected chi connectivity index (χ3v) is 20.5. The van der Waals surface area contributed by atoms with Crippen LogP contribution in [0.5, 0.6) is 11.5 Å². The number of β-amino-alcohol motifs (C(OH)–C–C–N with tert-alkyl or cyclic N) is 1. The van der Waals surface area contributed by atoms with Crippen molar-refractivity contribution in [3.63, 3.8) is 0 Å². The molecule has 0 spiro atoms. The number of carbonyl (C=O) groups is 7. The number of aliphatic hydroxyl groups is 8. The van der Waals surface area contributed by atoms with Gasteiger partial charge in [0.05, 0.1) is 55.9 Å². The lowest BCUT2D eigenvalue weighted by Crippen LogP contribution is -2.64. The summed E-state index contributed by atoms with van der Waals surface area (Å²) in [6.45, 7) is 5.54. The molecule has 7 amide bonds. The van der Waals surface area contributed by atoms with Crippen LogP contribution in [0.4, 0.5) is 5.82 Å². The Hall–Kier alpha value is -7.33. The van der Waals surface area contributed by atoms with Gasteiger partial charge in [-0.05, 0) is 93.5 Å². The lowest BCUT2D eigenvalue weighted by Gasteiger charge is -2.42. The van der Waals surface area contributed by atoms with E-state index in [-0.39, 0.29) is 24.2 Å². The van der Waals surface area contributed by atoms with Crippen LogP contribution in [-0.2, 0) is 35.2 Å². The van der Waals surface area contributed by atoms with Gasteiger partial charge in [0.2, 0.25) is 35.4 Å². The van der Waals surface area contributed by atoms with Crippen molar-refractivity contribution in [2.75, 3.05) is 70.5 Å². The van der Waals surface area contributed by atoms with Crippen LogP contribution in [0, 0.1) is 11.8 Å². The fourth-order valence-corrected chi connectivity index (χ4v) is 14.5. The number of piperazine rings is 1. The molecular weight excluding hydrogens is 1330 g/mol. The van der Waals surface area contributed by atoms with E-state index >= 15 is 0 Å². The van der Waals surface area contributed by atoms with Crippen LogP contribution < -0.4 is 41.0 Å². The molecule has 0 bridgehead atoms. The van der Waals surface area contributed by atoms with Gasteiger partial charge in [-0.1, -0.05) is 49.8 Å². The van der Waals surface area contributed by atoms with Crippen LogP contribution in [0.1, 0.15) is 88.1 Å². The molecule has 35 heteroatoms. The van der Waals surface area contributed by atoms with Crippen molar-refractivity contribution in [1.29, 1.82) is 0 Å². The van der Waals surface area contributed by atoms with Crippen molar-refractivity contribution >= 4 is 69.7 Å². The normalized spacial score (nSPS) is 27.8. The third-order valence-electron chi connectivity index (χ3n) is 19.1.